The molecule has 1 aliphatic heterocycles. The predicted octanol–water partition coefficient (Wildman–Crippen LogP) is 2.76. The molecule has 1 aliphatic carbocycles. The summed E-state index contributed by atoms with van der Waals surface area (Å²) in [7, 11) is 0. The normalized spacial score (nSPS) is 19.3. The lowest BCUT2D eigenvalue weighted by Crippen LogP contribution is -2.48. The zero-order valence-corrected chi connectivity index (χ0v) is 17.0. The van der Waals surface area contributed by atoms with Gasteiger partial charge in [0.2, 0.25) is 11.8 Å². The Bertz CT molecular complexity index is 788. The molecule has 8 heteroatoms. The van der Waals surface area contributed by atoms with Crippen LogP contribution in [0.25, 0.3) is 0 Å². The molecule has 1 heterocycles. The van der Waals surface area contributed by atoms with E-state index < -0.39 is 23.4 Å². The predicted molar refractivity (Wildman–Crippen MR) is 107 cm³/mol. The van der Waals surface area contributed by atoms with Gasteiger partial charge in [0.05, 0.1) is 5.56 Å². The molecule has 3 rings (SSSR count). The molecule has 6 nitrogen and oxygen atoms in total. The highest BCUT2D eigenvalue weighted by molar-refractivity contribution is 5.94. The molecule has 1 saturated carbocycles. The fourth-order valence-corrected chi connectivity index (χ4v) is 4.57. The molecule has 30 heavy (non-hydrogen) atoms. The maximum atomic E-state index is 13.9. The minimum atomic E-state index is -0.887. The van der Waals surface area contributed by atoms with E-state index in [0.717, 1.165) is 37.8 Å². The van der Waals surface area contributed by atoms with Gasteiger partial charge in [0, 0.05) is 37.5 Å². The van der Waals surface area contributed by atoms with Gasteiger partial charge in [0.1, 0.15) is 11.6 Å². The van der Waals surface area contributed by atoms with Gasteiger partial charge in [-0.1, -0.05) is 19.3 Å². The van der Waals surface area contributed by atoms with Crippen molar-refractivity contribution in [1.82, 2.24) is 10.2 Å². The zero-order chi connectivity index (χ0) is 21.7. The molecular weight excluding hydrogens is 392 g/mol. The average Bonchev–Trinajstić information content (AvgIpc) is 2.73. The first-order valence-corrected chi connectivity index (χ1v) is 10.7. The van der Waals surface area contributed by atoms with Crippen LogP contribution < -0.4 is 11.1 Å². The maximum absolute atomic E-state index is 13.9. The molecule has 1 aromatic rings. The van der Waals surface area contributed by atoms with Gasteiger partial charge in [-0.05, 0) is 43.7 Å². The molecule has 164 valence electrons. The summed E-state index contributed by atoms with van der Waals surface area (Å²) >= 11 is 0. The topological polar surface area (TPSA) is 92.5 Å². The number of carbonyl (C=O) groups is 3. The van der Waals surface area contributed by atoms with Crippen molar-refractivity contribution in [3.63, 3.8) is 0 Å². The van der Waals surface area contributed by atoms with Gasteiger partial charge >= 0.3 is 0 Å². The van der Waals surface area contributed by atoms with E-state index in [-0.39, 0.29) is 35.8 Å². The Morgan fingerprint density at radius 2 is 1.73 bits per heavy atom. The first-order chi connectivity index (χ1) is 14.3. The van der Waals surface area contributed by atoms with Gasteiger partial charge in [0.25, 0.3) is 5.91 Å². The van der Waals surface area contributed by atoms with Gasteiger partial charge in [-0.2, -0.15) is 0 Å². The lowest BCUT2D eigenvalue weighted by Gasteiger charge is -2.34. The van der Waals surface area contributed by atoms with E-state index >= 15 is 0 Å². The smallest absolute Gasteiger partial charge is 0.256 e. The van der Waals surface area contributed by atoms with Crippen LogP contribution in [-0.4, -0.2) is 41.8 Å². The van der Waals surface area contributed by atoms with Crippen LogP contribution in [0.15, 0.2) is 18.2 Å². The molecule has 2 aliphatic rings. The summed E-state index contributed by atoms with van der Waals surface area (Å²) in [4.78, 5) is 38.3. The minimum absolute atomic E-state index is 0.119. The Morgan fingerprint density at radius 1 is 1.07 bits per heavy atom. The van der Waals surface area contributed by atoms with E-state index in [1.807, 2.05) is 0 Å². The average molecular weight is 421 g/mol. The Hall–Kier alpha value is -2.51. The van der Waals surface area contributed by atoms with E-state index in [4.69, 9.17) is 5.73 Å². The van der Waals surface area contributed by atoms with Crippen molar-refractivity contribution in [2.45, 2.75) is 57.4 Å². The number of carbonyl (C=O) groups excluding carboxylic acids is 3. The van der Waals surface area contributed by atoms with Crippen molar-refractivity contribution >= 4 is 17.7 Å². The van der Waals surface area contributed by atoms with E-state index in [1.54, 1.807) is 0 Å². The summed E-state index contributed by atoms with van der Waals surface area (Å²) in [6.45, 7) is 0.634. The first-order valence-electron chi connectivity index (χ1n) is 10.7. The second kappa shape index (κ2) is 10.00. The fourth-order valence-electron chi connectivity index (χ4n) is 4.57. The van der Waals surface area contributed by atoms with Crippen LogP contribution in [-0.2, 0) is 9.59 Å². The monoisotopic (exact) mass is 421 g/mol. The van der Waals surface area contributed by atoms with Crippen LogP contribution in [0.4, 0.5) is 8.78 Å². The SMILES string of the molecule is NC(=O)C[C@H](NC(=O)C1CCN(C(=O)c2ccc(F)cc2F)CC1)C1CCCCC1. The molecule has 0 unspecified atom stereocenters. The highest BCUT2D eigenvalue weighted by Crippen LogP contribution is 2.28. The maximum Gasteiger partial charge on any atom is 0.256 e. The summed E-state index contributed by atoms with van der Waals surface area (Å²) in [6, 6.07) is 2.64. The Balaban J connectivity index is 1.55. The van der Waals surface area contributed by atoms with Gasteiger partial charge < -0.3 is 16.0 Å². The number of hydrogen-bond acceptors (Lipinski definition) is 3. The third-order valence-corrected chi connectivity index (χ3v) is 6.28. The molecule has 0 spiro atoms. The number of rotatable bonds is 6. The molecule has 1 atom stereocenters. The summed E-state index contributed by atoms with van der Waals surface area (Å²) in [5.41, 5.74) is 5.23. The lowest BCUT2D eigenvalue weighted by molar-refractivity contribution is -0.128. The third kappa shape index (κ3) is 5.55. The van der Waals surface area contributed by atoms with Crippen LogP contribution >= 0.6 is 0 Å². The molecule has 0 radical (unpaired) electrons. The van der Waals surface area contributed by atoms with Gasteiger partial charge in [-0.15, -0.1) is 0 Å². The van der Waals surface area contributed by atoms with Crippen molar-refractivity contribution in [3.8, 4) is 0 Å². The van der Waals surface area contributed by atoms with Crippen LogP contribution in [0.5, 0.6) is 0 Å². The number of nitrogens with zero attached hydrogens (tertiary/aromatic N) is 1. The van der Waals surface area contributed by atoms with Crippen molar-refractivity contribution in [3.05, 3.63) is 35.4 Å². The van der Waals surface area contributed by atoms with Gasteiger partial charge in [-0.3, -0.25) is 14.4 Å². The van der Waals surface area contributed by atoms with Crippen LogP contribution in [0, 0.1) is 23.5 Å². The Labute approximate surface area is 175 Å². The van der Waals surface area contributed by atoms with Crippen molar-refractivity contribution in [2.24, 2.45) is 17.6 Å². The van der Waals surface area contributed by atoms with Crippen molar-refractivity contribution in [2.75, 3.05) is 13.1 Å². The molecule has 1 saturated heterocycles. The molecule has 2 fully saturated rings. The first kappa shape index (κ1) is 22.2. The Morgan fingerprint density at radius 3 is 2.33 bits per heavy atom. The van der Waals surface area contributed by atoms with Crippen LogP contribution in [0.1, 0.15) is 61.7 Å². The van der Waals surface area contributed by atoms with Gasteiger partial charge in [0.15, 0.2) is 0 Å². The summed E-state index contributed by atoms with van der Waals surface area (Å²) < 4.78 is 27.0. The van der Waals surface area contributed by atoms with Crippen molar-refractivity contribution in [1.29, 1.82) is 0 Å². The minimum Gasteiger partial charge on any atom is -0.370 e. The molecular formula is C22H29F2N3O3. The quantitative estimate of drug-likeness (QED) is 0.740. The largest absolute Gasteiger partial charge is 0.370 e. The van der Waals surface area contributed by atoms with Crippen LogP contribution in [0.2, 0.25) is 0 Å². The highest BCUT2D eigenvalue weighted by Gasteiger charge is 2.32. The zero-order valence-electron chi connectivity index (χ0n) is 17.0. The molecule has 1 aromatic carbocycles. The van der Waals surface area contributed by atoms with Gasteiger partial charge in [-0.25, -0.2) is 8.78 Å². The number of nitrogens with one attached hydrogen (secondary N) is 1. The summed E-state index contributed by atoms with van der Waals surface area (Å²) in [5.74, 6) is -2.67. The second-order valence-electron chi connectivity index (χ2n) is 8.37. The molecule has 3 N–H and O–H groups in total. The van der Waals surface area contributed by atoms with E-state index in [0.29, 0.717) is 32.0 Å². The van der Waals surface area contributed by atoms with Crippen LogP contribution in [0.3, 0.4) is 0 Å². The number of piperidine rings is 1. The number of hydrogen-bond donors (Lipinski definition) is 2. The van der Waals surface area contributed by atoms with E-state index in [2.05, 4.69) is 5.32 Å². The fraction of sp³-hybridized carbons (Fsp3) is 0.591. The number of likely N-dealkylation sites (tertiary alicyclic amines) is 1. The third-order valence-electron chi connectivity index (χ3n) is 6.28. The van der Waals surface area contributed by atoms with Crippen molar-refractivity contribution < 1.29 is 23.2 Å². The number of nitrogens with two attached hydrogens (primary N) is 1. The Kier molecular flexibility index (Phi) is 7.39. The highest BCUT2D eigenvalue weighted by atomic mass is 19.1. The number of amides is 3. The van der Waals surface area contributed by atoms with E-state index in [9.17, 15) is 23.2 Å². The molecule has 3 amide bonds. The molecule has 0 aromatic heterocycles. The number of benzene rings is 1. The molecule has 0 bridgehead atoms. The number of primary amides is 1. The van der Waals surface area contributed by atoms with E-state index in [1.165, 1.54) is 11.3 Å². The standard InChI is InChI=1S/C22H29F2N3O3/c23-16-6-7-17(18(24)12-16)22(30)27-10-8-15(9-11-27)21(29)26-19(13-20(25)28)14-4-2-1-3-5-14/h6-7,12,14-15,19H,1-5,8-11,13H2,(H2,25,28)(H,26,29)/t19-/m0/s1. The second-order valence-corrected chi connectivity index (χ2v) is 8.37. The lowest BCUT2D eigenvalue weighted by atomic mass is 9.82. The summed E-state index contributed by atoms with van der Waals surface area (Å²) in [6.07, 6.45) is 6.37. The number of halogens is 2. The summed E-state index contributed by atoms with van der Waals surface area (Å²) in [5, 5.41) is 3.03.